The van der Waals surface area contributed by atoms with E-state index in [2.05, 4.69) is 10.6 Å². The Morgan fingerprint density at radius 3 is 2.69 bits per heavy atom. The number of carbonyl (C=O) groups is 2. The van der Waals surface area contributed by atoms with Gasteiger partial charge in [0.2, 0.25) is 5.91 Å². The van der Waals surface area contributed by atoms with E-state index in [9.17, 15) is 9.59 Å². The number of carbonyl (C=O) groups excluding carboxylic acids is 2. The summed E-state index contributed by atoms with van der Waals surface area (Å²) in [5.41, 5.74) is 3.18. The molecule has 0 radical (unpaired) electrons. The van der Waals surface area contributed by atoms with E-state index in [0.29, 0.717) is 12.5 Å². The van der Waals surface area contributed by atoms with Crippen LogP contribution in [0.25, 0.3) is 0 Å². The SMILES string of the molecule is CCC(=O)N(C)C1CCC(NC(=O)c2ccc3c(c2)CCCCN3)CC1. The second kappa shape index (κ2) is 8.56. The van der Waals surface area contributed by atoms with Crippen LogP contribution in [0, 0.1) is 0 Å². The average Bonchev–Trinajstić information content (AvgIpc) is 2.92. The number of nitrogens with one attached hydrogen (secondary N) is 2. The molecular formula is C21H31N3O2. The van der Waals surface area contributed by atoms with Crippen LogP contribution in [0.2, 0.25) is 0 Å². The lowest BCUT2D eigenvalue weighted by atomic mass is 9.90. The van der Waals surface area contributed by atoms with Crippen molar-refractivity contribution in [3.05, 3.63) is 29.3 Å². The summed E-state index contributed by atoms with van der Waals surface area (Å²) in [6.45, 7) is 2.91. The molecule has 1 aliphatic carbocycles. The summed E-state index contributed by atoms with van der Waals surface area (Å²) in [7, 11) is 1.90. The van der Waals surface area contributed by atoms with Gasteiger partial charge < -0.3 is 15.5 Å². The van der Waals surface area contributed by atoms with Gasteiger partial charge in [0.15, 0.2) is 0 Å². The van der Waals surface area contributed by atoms with Crippen LogP contribution >= 0.6 is 0 Å². The molecule has 0 unspecified atom stereocenters. The van der Waals surface area contributed by atoms with Crippen LogP contribution in [0.15, 0.2) is 18.2 Å². The van der Waals surface area contributed by atoms with E-state index in [-0.39, 0.29) is 17.9 Å². The van der Waals surface area contributed by atoms with Crippen molar-refractivity contribution in [3.8, 4) is 0 Å². The van der Waals surface area contributed by atoms with Gasteiger partial charge in [0.1, 0.15) is 0 Å². The number of fused-ring (bicyclic) bond motifs is 1. The van der Waals surface area contributed by atoms with E-state index in [4.69, 9.17) is 0 Å². The van der Waals surface area contributed by atoms with Crippen molar-refractivity contribution >= 4 is 17.5 Å². The molecule has 2 amide bonds. The molecule has 1 heterocycles. The molecule has 1 fully saturated rings. The van der Waals surface area contributed by atoms with Crippen LogP contribution in [0.3, 0.4) is 0 Å². The van der Waals surface area contributed by atoms with E-state index < -0.39 is 0 Å². The number of anilines is 1. The van der Waals surface area contributed by atoms with Gasteiger partial charge in [-0.2, -0.15) is 0 Å². The molecule has 2 N–H and O–H groups in total. The predicted octanol–water partition coefficient (Wildman–Crippen LogP) is 3.34. The molecule has 0 spiro atoms. The van der Waals surface area contributed by atoms with E-state index >= 15 is 0 Å². The summed E-state index contributed by atoms with van der Waals surface area (Å²) >= 11 is 0. The third-order valence-electron chi connectivity index (χ3n) is 5.83. The largest absolute Gasteiger partial charge is 0.385 e. The molecule has 2 aliphatic rings. The van der Waals surface area contributed by atoms with Gasteiger partial charge >= 0.3 is 0 Å². The topological polar surface area (TPSA) is 61.4 Å². The molecule has 142 valence electrons. The summed E-state index contributed by atoms with van der Waals surface area (Å²) in [6.07, 6.45) is 7.72. The van der Waals surface area contributed by atoms with Crippen LogP contribution in [0.4, 0.5) is 5.69 Å². The van der Waals surface area contributed by atoms with E-state index in [1.165, 1.54) is 24.1 Å². The number of hydrogen-bond donors (Lipinski definition) is 2. The van der Waals surface area contributed by atoms with Gasteiger partial charge in [-0.3, -0.25) is 9.59 Å². The maximum absolute atomic E-state index is 12.7. The van der Waals surface area contributed by atoms with Crippen molar-refractivity contribution in [1.82, 2.24) is 10.2 Å². The normalized spacial score (nSPS) is 22.5. The van der Waals surface area contributed by atoms with Gasteiger partial charge in [-0.1, -0.05) is 6.92 Å². The minimum absolute atomic E-state index is 0.0264. The molecule has 1 aromatic rings. The lowest BCUT2D eigenvalue weighted by Crippen LogP contribution is -2.44. The Morgan fingerprint density at radius 1 is 1.19 bits per heavy atom. The first-order valence-electron chi connectivity index (χ1n) is 10.0. The van der Waals surface area contributed by atoms with Crippen molar-refractivity contribution in [2.75, 3.05) is 18.9 Å². The number of benzene rings is 1. The highest BCUT2D eigenvalue weighted by Gasteiger charge is 2.27. The fourth-order valence-electron chi connectivity index (χ4n) is 4.11. The van der Waals surface area contributed by atoms with Crippen molar-refractivity contribution in [2.45, 2.75) is 70.4 Å². The Morgan fingerprint density at radius 2 is 1.96 bits per heavy atom. The maximum Gasteiger partial charge on any atom is 0.251 e. The molecule has 0 saturated heterocycles. The predicted molar refractivity (Wildman–Crippen MR) is 104 cm³/mol. The van der Waals surface area contributed by atoms with Crippen LogP contribution in [-0.2, 0) is 11.2 Å². The zero-order valence-electron chi connectivity index (χ0n) is 16.0. The number of amides is 2. The Kier molecular flexibility index (Phi) is 6.17. The average molecular weight is 357 g/mol. The number of hydrogen-bond acceptors (Lipinski definition) is 3. The summed E-state index contributed by atoms with van der Waals surface area (Å²) < 4.78 is 0. The lowest BCUT2D eigenvalue weighted by Gasteiger charge is -2.35. The fraction of sp³-hybridized carbons (Fsp3) is 0.619. The molecule has 0 bridgehead atoms. The van der Waals surface area contributed by atoms with E-state index in [1.54, 1.807) is 0 Å². The highest BCUT2D eigenvalue weighted by Crippen LogP contribution is 2.25. The smallest absolute Gasteiger partial charge is 0.251 e. The number of aryl methyl sites for hydroxylation is 1. The second-order valence-corrected chi connectivity index (χ2v) is 7.59. The molecule has 0 atom stereocenters. The minimum Gasteiger partial charge on any atom is -0.385 e. The number of nitrogens with zero attached hydrogens (tertiary/aromatic N) is 1. The quantitative estimate of drug-likeness (QED) is 0.869. The van der Waals surface area contributed by atoms with Crippen molar-refractivity contribution in [1.29, 1.82) is 0 Å². The zero-order chi connectivity index (χ0) is 18.5. The molecule has 1 aliphatic heterocycles. The molecule has 5 heteroatoms. The number of rotatable bonds is 4. The Balaban J connectivity index is 1.55. The summed E-state index contributed by atoms with van der Waals surface area (Å²) in [5, 5.41) is 6.64. The second-order valence-electron chi connectivity index (χ2n) is 7.59. The van der Waals surface area contributed by atoms with Gasteiger partial charge in [-0.25, -0.2) is 0 Å². The molecule has 5 nitrogen and oxygen atoms in total. The van der Waals surface area contributed by atoms with Crippen molar-refractivity contribution < 1.29 is 9.59 Å². The van der Waals surface area contributed by atoms with Gasteiger partial charge in [0, 0.05) is 43.3 Å². The summed E-state index contributed by atoms with van der Waals surface area (Å²) in [6, 6.07) is 6.53. The first-order chi connectivity index (χ1) is 12.6. The van der Waals surface area contributed by atoms with Crippen LogP contribution in [-0.4, -0.2) is 42.4 Å². The van der Waals surface area contributed by atoms with E-state index in [1.807, 2.05) is 37.1 Å². The van der Waals surface area contributed by atoms with Gasteiger partial charge in [-0.15, -0.1) is 0 Å². The fourth-order valence-corrected chi connectivity index (χ4v) is 4.11. The summed E-state index contributed by atoms with van der Waals surface area (Å²) in [4.78, 5) is 26.4. The molecule has 1 saturated carbocycles. The third-order valence-corrected chi connectivity index (χ3v) is 5.83. The van der Waals surface area contributed by atoms with Gasteiger partial charge in [-0.05, 0) is 68.7 Å². The lowest BCUT2D eigenvalue weighted by molar-refractivity contribution is -0.132. The Labute approximate surface area is 156 Å². The van der Waals surface area contributed by atoms with Gasteiger partial charge in [0.05, 0.1) is 0 Å². The molecular weight excluding hydrogens is 326 g/mol. The molecule has 26 heavy (non-hydrogen) atoms. The standard InChI is InChI=1S/C21H31N3O2/c1-3-20(25)24(2)18-10-8-17(9-11-18)23-21(26)16-7-12-19-15(14-16)6-4-5-13-22-19/h7,12,14,17-18,22H,3-6,8-11,13H2,1-2H3,(H,23,26). The molecule has 3 rings (SSSR count). The molecule has 0 aromatic heterocycles. The highest BCUT2D eigenvalue weighted by atomic mass is 16.2. The molecule has 1 aromatic carbocycles. The van der Waals surface area contributed by atoms with Gasteiger partial charge in [0.25, 0.3) is 5.91 Å². The highest BCUT2D eigenvalue weighted by molar-refractivity contribution is 5.95. The van der Waals surface area contributed by atoms with Crippen molar-refractivity contribution in [3.63, 3.8) is 0 Å². The first kappa shape index (κ1) is 18.7. The van der Waals surface area contributed by atoms with Crippen LogP contribution in [0.5, 0.6) is 0 Å². The van der Waals surface area contributed by atoms with E-state index in [0.717, 1.165) is 44.2 Å². The summed E-state index contributed by atoms with van der Waals surface area (Å²) in [5.74, 6) is 0.231. The van der Waals surface area contributed by atoms with Crippen molar-refractivity contribution in [2.24, 2.45) is 0 Å². The minimum atomic E-state index is 0.0264. The third kappa shape index (κ3) is 4.37. The Bertz CT molecular complexity index is 651. The van der Waals surface area contributed by atoms with Crippen LogP contribution < -0.4 is 10.6 Å². The Hall–Kier alpha value is -2.04. The first-order valence-corrected chi connectivity index (χ1v) is 10.0. The monoisotopic (exact) mass is 357 g/mol. The maximum atomic E-state index is 12.7. The zero-order valence-corrected chi connectivity index (χ0v) is 16.0. The van der Waals surface area contributed by atoms with Crippen LogP contribution in [0.1, 0.15) is 67.8 Å².